The van der Waals surface area contributed by atoms with Gasteiger partial charge in [0.25, 0.3) is 11.6 Å². The number of nitro benzene ring substituents is 1. The van der Waals surface area contributed by atoms with Gasteiger partial charge in [-0.2, -0.15) is 5.10 Å². The lowest BCUT2D eigenvalue weighted by Crippen LogP contribution is -2.36. The van der Waals surface area contributed by atoms with E-state index < -0.39 is 10.8 Å². The summed E-state index contributed by atoms with van der Waals surface area (Å²) in [6, 6.07) is 2.61. The highest BCUT2D eigenvalue weighted by atomic mass is 16.6. The first-order chi connectivity index (χ1) is 12.0. The molecule has 0 atom stereocenters. The monoisotopic (exact) mass is 346 g/mol. The molecule has 0 saturated heterocycles. The Bertz CT molecular complexity index is 817. The second-order valence-electron chi connectivity index (χ2n) is 5.56. The van der Waals surface area contributed by atoms with Crippen molar-refractivity contribution in [2.45, 2.75) is 19.9 Å². The molecule has 0 unspecified atom stereocenters. The highest BCUT2D eigenvalue weighted by molar-refractivity contribution is 5.99. The standard InChI is InChI=1S/C16H18N4O5/c1-3-25-15-7-13(20(22)23)11(6-14(15)24-2)16(21)19-5-4-12-10(9-19)8-17-18-12/h6-8H,3-5,9H2,1-2H3,(H,17,18). The molecule has 0 saturated carbocycles. The van der Waals surface area contributed by atoms with E-state index in [1.165, 1.54) is 19.2 Å². The molecule has 0 spiro atoms. The lowest BCUT2D eigenvalue weighted by molar-refractivity contribution is -0.385. The van der Waals surface area contributed by atoms with Crippen LogP contribution in [0, 0.1) is 10.1 Å². The van der Waals surface area contributed by atoms with Gasteiger partial charge in [-0.15, -0.1) is 0 Å². The number of hydrogen-bond donors (Lipinski definition) is 1. The van der Waals surface area contributed by atoms with Crippen LogP contribution in [0.25, 0.3) is 0 Å². The fourth-order valence-electron chi connectivity index (χ4n) is 2.87. The van der Waals surface area contributed by atoms with E-state index in [1.807, 2.05) is 0 Å². The summed E-state index contributed by atoms with van der Waals surface area (Å²) in [6.07, 6.45) is 2.30. The topological polar surface area (TPSA) is 111 Å². The number of carbonyl (C=O) groups excluding carboxylic acids is 1. The number of nitrogens with one attached hydrogen (secondary N) is 1. The molecule has 2 heterocycles. The minimum atomic E-state index is -0.581. The van der Waals surface area contributed by atoms with Crippen molar-refractivity contribution in [3.05, 3.63) is 45.3 Å². The molecular weight excluding hydrogens is 328 g/mol. The number of benzene rings is 1. The van der Waals surface area contributed by atoms with E-state index in [0.29, 0.717) is 26.1 Å². The minimum absolute atomic E-state index is 0.0164. The van der Waals surface area contributed by atoms with Crippen LogP contribution in [0.3, 0.4) is 0 Å². The summed E-state index contributed by atoms with van der Waals surface area (Å²) >= 11 is 0. The molecule has 0 aliphatic carbocycles. The summed E-state index contributed by atoms with van der Waals surface area (Å²) in [6.45, 7) is 2.91. The molecule has 1 aliphatic rings. The van der Waals surface area contributed by atoms with Gasteiger partial charge in [0.15, 0.2) is 11.5 Å². The fourth-order valence-corrected chi connectivity index (χ4v) is 2.87. The van der Waals surface area contributed by atoms with Crippen LogP contribution in [0.5, 0.6) is 11.5 Å². The number of nitro groups is 1. The van der Waals surface area contributed by atoms with Crippen LogP contribution < -0.4 is 9.47 Å². The first-order valence-corrected chi connectivity index (χ1v) is 7.84. The van der Waals surface area contributed by atoms with Crippen molar-refractivity contribution in [2.24, 2.45) is 0 Å². The highest BCUT2D eigenvalue weighted by Gasteiger charge is 2.30. The van der Waals surface area contributed by atoms with Crippen LogP contribution in [0.4, 0.5) is 5.69 Å². The quantitative estimate of drug-likeness (QED) is 0.654. The molecule has 132 valence electrons. The van der Waals surface area contributed by atoms with Crippen LogP contribution in [0.15, 0.2) is 18.3 Å². The predicted octanol–water partition coefficient (Wildman–Crippen LogP) is 1.92. The van der Waals surface area contributed by atoms with Crippen molar-refractivity contribution in [1.82, 2.24) is 15.1 Å². The number of methoxy groups -OCH3 is 1. The Labute approximate surface area is 143 Å². The van der Waals surface area contributed by atoms with E-state index >= 15 is 0 Å². The summed E-state index contributed by atoms with van der Waals surface area (Å²) in [5.74, 6) is 0.112. The third-order valence-electron chi connectivity index (χ3n) is 4.10. The van der Waals surface area contributed by atoms with Crippen molar-refractivity contribution >= 4 is 11.6 Å². The Balaban J connectivity index is 1.97. The van der Waals surface area contributed by atoms with Gasteiger partial charge in [-0.1, -0.05) is 0 Å². The molecule has 25 heavy (non-hydrogen) atoms. The number of amides is 1. The Hall–Kier alpha value is -3.10. The number of nitrogens with zero attached hydrogens (tertiary/aromatic N) is 3. The van der Waals surface area contributed by atoms with Gasteiger partial charge in [0.2, 0.25) is 0 Å². The van der Waals surface area contributed by atoms with Crippen LogP contribution in [-0.2, 0) is 13.0 Å². The predicted molar refractivity (Wildman–Crippen MR) is 87.8 cm³/mol. The third kappa shape index (κ3) is 3.12. The summed E-state index contributed by atoms with van der Waals surface area (Å²) < 4.78 is 10.6. The zero-order chi connectivity index (χ0) is 18.0. The number of hydrogen-bond acceptors (Lipinski definition) is 6. The molecule has 3 rings (SSSR count). The average molecular weight is 346 g/mol. The fraction of sp³-hybridized carbons (Fsp3) is 0.375. The van der Waals surface area contributed by atoms with Gasteiger partial charge in [0.1, 0.15) is 5.56 Å². The molecule has 2 aromatic rings. The smallest absolute Gasteiger partial charge is 0.286 e. The average Bonchev–Trinajstić information content (AvgIpc) is 3.08. The van der Waals surface area contributed by atoms with E-state index in [4.69, 9.17) is 9.47 Å². The number of rotatable bonds is 5. The maximum absolute atomic E-state index is 12.9. The zero-order valence-electron chi connectivity index (χ0n) is 13.9. The lowest BCUT2D eigenvalue weighted by atomic mass is 10.1. The third-order valence-corrected chi connectivity index (χ3v) is 4.10. The van der Waals surface area contributed by atoms with Gasteiger partial charge in [-0.25, -0.2) is 0 Å². The van der Waals surface area contributed by atoms with Gasteiger partial charge in [0, 0.05) is 36.8 Å². The summed E-state index contributed by atoms with van der Waals surface area (Å²) in [4.78, 5) is 25.3. The summed E-state index contributed by atoms with van der Waals surface area (Å²) in [7, 11) is 1.43. The van der Waals surface area contributed by atoms with Gasteiger partial charge in [-0.05, 0) is 6.92 Å². The van der Waals surface area contributed by atoms with Crippen LogP contribution in [-0.4, -0.2) is 46.2 Å². The van der Waals surface area contributed by atoms with Crippen LogP contribution in [0.2, 0.25) is 0 Å². The van der Waals surface area contributed by atoms with E-state index in [9.17, 15) is 14.9 Å². The number of aromatic amines is 1. The van der Waals surface area contributed by atoms with Crippen molar-refractivity contribution in [2.75, 3.05) is 20.3 Å². The molecule has 0 radical (unpaired) electrons. The van der Waals surface area contributed by atoms with Gasteiger partial charge >= 0.3 is 0 Å². The summed E-state index contributed by atoms with van der Waals surface area (Å²) in [5, 5.41) is 18.3. The maximum atomic E-state index is 12.9. The molecule has 1 aromatic carbocycles. The lowest BCUT2D eigenvalue weighted by Gasteiger charge is -2.26. The number of fused-ring (bicyclic) bond motifs is 1. The second-order valence-corrected chi connectivity index (χ2v) is 5.56. The Kier molecular flexibility index (Phi) is 4.55. The van der Waals surface area contributed by atoms with E-state index in [1.54, 1.807) is 18.0 Å². The second kappa shape index (κ2) is 6.80. The first-order valence-electron chi connectivity index (χ1n) is 7.84. The Morgan fingerprint density at radius 3 is 2.92 bits per heavy atom. The van der Waals surface area contributed by atoms with Crippen molar-refractivity contribution in [3.8, 4) is 11.5 Å². The van der Waals surface area contributed by atoms with E-state index in [0.717, 1.165) is 11.3 Å². The van der Waals surface area contributed by atoms with Gasteiger partial charge in [0.05, 0.1) is 30.9 Å². The number of aromatic nitrogens is 2. The molecule has 0 bridgehead atoms. The highest BCUT2D eigenvalue weighted by Crippen LogP contribution is 2.35. The Morgan fingerprint density at radius 1 is 1.44 bits per heavy atom. The molecule has 0 fully saturated rings. The molecule has 1 N–H and O–H groups in total. The van der Waals surface area contributed by atoms with Gasteiger partial charge < -0.3 is 14.4 Å². The van der Waals surface area contributed by atoms with E-state index in [2.05, 4.69) is 10.2 Å². The molecule has 1 amide bonds. The van der Waals surface area contributed by atoms with Crippen molar-refractivity contribution < 1.29 is 19.2 Å². The minimum Gasteiger partial charge on any atom is -0.493 e. The number of H-pyrrole nitrogens is 1. The molecule has 1 aromatic heterocycles. The largest absolute Gasteiger partial charge is 0.493 e. The molecule has 9 nitrogen and oxygen atoms in total. The SMILES string of the molecule is CCOc1cc([N+](=O)[O-])c(C(=O)N2CCc3[nH]ncc3C2)cc1OC. The van der Waals surface area contributed by atoms with Crippen LogP contribution in [0.1, 0.15) is 28.5 Å². The zero-order valence-corrected chi connectivity index (χ0v) is 13.9. The summed E-state index contributed by atoms with van der Waals surface area (Å²) in [5.41, 5.74) is 1.59. The molecule has 1 aliphatic heterocycles. The van der Waals surface area contributed by atoms with Crippen LogP contribution >= 0.6 is 0 Å². The number of carbonyl (C=O) groups is 1. The van der Waals surface area contributed by atoms with Gasteiger partial charge in [-0.3, -0.25) is 20.0 Å². The van der Waals surface area contributed by atoms with E-state index in [-0.39, 0.29) is 22.7 Å². The Morgan fingerprint density at radius 2 is 2.24 bits per heavy atom. The normalized spacial score (nSPS) is 13.3. The van der Waals surface area contributed by atoms with Crippen molar-refractivity contribution in [1.29, 1.82) is 0 Å². The first kappa shape index (κ1) is 16.7. The van der Waals surface area contributed by atoms with Crippen molar-refractivity contribution in [3.63, 3.8) is 0 Å². The molecular formula is C16H18N4O5. The number of ether oxygens (including phenoxy) is 2. The molecule has 9 heteroatoms. The maximum Gasteiger partial charge on any atom is 0.286 e.